The van der Waals surface area contributed by atoms with Crippen LogP contribution < -0.4 is 14.8 Å². The molecule has 0 amide bonds. The average molecular weight is 252 g/mol. The molecule has 2 N–H and O–H groups in total. The molecule has 1 aliphatic heterocycles. The van der Waals surface area contributed by atoms with Gasteiger partial charge in [0, 0.05) is 12.2 Å². The summed E-state index contributed by atoms with van der Waals surface area (Å²) in [6.07, 6.45) is 2.84. The van der Waals surface area contributed by atoms with Gasteiger partial charge in [0.05, 0.1) is 14.2 Å². The molecule has 1 heterocycles. The molecule has 4 heteroatoms. The molecule has 100 valence electrons. The van der Waals surface area contributed by atoms with Crippen LogP contribution in [0.2, 0.25) is 0 Å². The summed E-state index contributed by atoms with van der Waals surface area (Å²) in [6, 6.07) is 6.06. The third kappa shape index (κ3) is 3.37. The maximum Gasteiger partial charge on any atom is 0.161 e. The van der Waals surface area contributed by atoms with Gasteiger partial charge < -0.3 is 19.5 Å². The Labute approximate surface area is 108 Å². The van der Waals surface area contributed by atoms with Gasteiger partial charge in [-0.05, 0) is 31.0 Å². The number of methoxy groups -OCH3 is 2. The molecule has 1 aromatic carbocycles. The standard InChI is InChI=1S/C14H21NO3/c1-16-13-6-5-11(8-14(13)17-2)9-15-10-12-4-3-7-18-12/h5-6,8,12,15H,3-4,7,9-10H2,1-2H3/p+1/t12-/m0/s1. The van der Waals surface area contributed by atoms with Gasteiger partial charge in [0.15, 0.2) is 11.5 Å². The molecule has 0 saturated carbocycles. The molecule has 1 saturated heterocycles. The number of hydrogen-bond acceptors (Lipinski definition) is 3. The average Bonchev–Trinajstić information content (AvgIpc) is 2.91. The zero-order valence-corrected chi connectivity index (χ0v) is 11.1. The third-order valence-electron chi connectivity index (χ3n) is 3.28. The molecule has 1 aromatic rings. The number of rotatable bonds is 6. The Morgan fingerprint density at radius 3 is 2.78 bits per heavy atom. The van der Waals surface area contributed by atoms with Crippen molar-refractivity contribution < 1.29 is 19.5 Å². The van der Waals surface area contributed by atoms with Crippen LogP contribution in [-0.4, -0.2) is 33.5 Å². The summed E-state index contributed by atoms with van der Waals surface area (Å²) in [5, 5.41) is 2.29. The molecular weight excluding hydrogens is 230 g/mol. The molecular formula is C14H22NO3+. The van der Waals surface area contributed by atoms with Crippen molar-refractivity contribution in [3.63, 3.8) is 0 Å². The smallest absolute Gasteiger partial charge is 0.161 e. The molecule has 1 aliphatic rings. The summed E-state index contributed by atoms with van der Waals surface area (Å²) < 4.78 is 16.1. The van der Waals surface area contributed by atoms with Crippen LogP contribution in [0.15, 0.2) is 18.2 Å². The Morgan fingerprint density at radius 2 is 2.11 bits per heavy atom. The Balaban J connectivity index is 1.84. The van der Waals surface area contributed by atoms with Gasteiger partial charge >= 0.3 is 0 Å². The van der Waals surface area contributed by atoms with E-state index in [4.69, 9.17) is 14.2 Å². The highest BCUT2D eigenvalue weighted by molar-refractivity contribution is 5.42. The van der Waals surface area contributed by atoms with Crippen LogP contribution >= 0.6 is 0 Å². The first-order valence-electron chi connectivity index (χ1n) is 6.47. The summed E-state index contributed by atoms with van der Waals surface area (Å²) in [5.74, 6) is 1.57. The lowest BCUT2D eigenvalue weighted by molar-refractivity contribution is -0.676. The Bertz CT molecular complexity index is 375. The molecule has 0 bridgehead atoms. The first kappa shape index (κ1) is 13.2. The van der Waals surface area contributed by atoms with E-state index in [1.807, 2.05) is 12.1 Å². The van der Waals surface area contributed by atoms with Crippen molar-refractivity contribution in [3.05, 3.63) is 23.8 Å². The minimum Gasteiger partial charge on any atom is -0.493 e. The molecule has 18 heavy (non-hydrogen) atoms. The molecule has 0 aliphatic carbocycles. The second kappa shape index (κ2) is 6.61. The summed E-state index contributed by atoms with van der Waals surface area (Å²) in [4.78, 5) is 0. The van der Waals surface area contributed by atoms with Crippen LogP contribution in [0.1, 0.15) is 18.4 Å². The number of quaternary nitrogens is 1. The maximum atomic E-state index is 5.60. The van der Waals surface area contributed by atoms with E-state index in [1.54, 1.807) is 14.2 Å². The zero-order valence-electron chi connectivity index (χ0n) is 11.1. The number of hydrogen-bond donors (Lipinski definition) is 1. The lowest BCUT2D eigenvalue weighted by Gasteiger charge is -2.10. The van der Waals surface area contributed by atoms with Crippen LogP contribution in [-0.2, 0) is 11.3 Å². The highest BCUT2D eigenvalue weighted by atomic mass is 16.5. The maximum absolute atomic E-state index is 5.60. The molecule has 1 atom stereocenters. The van der Waals surface area contributed by atoms with Crippen molar-refractivity contribution in [2.45, 2.75) is 25.5 Å². The Morgan fingerprint density at radius 1 is 1.28 bits per heavy atom. The first-order valence-corrected chi connectivity index (χ1v) is 6.47. The van der Waals surface area contributed by atoms with E-state index in [0.29, 0.717) is 6.10 Å². The fourth-order valence-electron chi connectivity index (χ4n) is 2.27. The Kier molecular flexibility index (Phi) is 4.84. The molecule has 4 nitrogen and oxygen atoms in total. The van der Waals surface area contributed by atoms with Gasteiger partial charge in [0.1, 0.15) is 19.2 Å². The first-order chi connectivity index (χ1) is 8.83. The summed E-state index contributed by atoms with van der Waals surface area (Å²) in [5.41, 5.74) is 1.24. The van der Waals surface area contributed by atoms with E-state index in [0.717, 1.165) is 31.2 Å². The molecule has 0 radical (unpaired) electrons. The van der Waals surface area contributed by atoms with E-state index in [1.165, 1.54) is 18.4 Å². The number of nitrogens with two attached hydrogens (primary N) is 1. The summed E-state index contributed by atoms with van der Waals surface area (Å²) in [7, 11) is 3.32. The van der Waals surface area contributed by atoms with Crippen LogP contribution in [0.4, 0.5) is 0 Å². The molecule has 0 unspecified atom stereocenters. The third-order valence-corrected chi connectivity index (χ3v) is 3.28. The molecule has 0 aromatic heterocycles. The SMILES string of the molecule is COc1ccc(C[NH2+]C[C@@H]2CCCO2)cc1OC. The van der Waals surface area contributed by atoms with E-state index < -0.39 is 0 Å². The summed E-state index contributed by atoms with van der Waals surface area (Å²) in [6.45, 7) is 2.91. The lowest BCUT2D eigenvalue weighted by Crippen LogP contribution is -2.84. The van der Waals surface area contributed by atoms with Crippen LogP contribution in [0.25, 0.3) is 0 Å². The van der Waals surface area contributed by atoms with Crippen LogP contribution in [0, 0.1) is 0 Å². The van der Waals surface area contributed by atoms with Gasteiger partial charge in [-0.2, -0.15) is 0 Å². The minimum atomic E-state index is 0.435. The quantitative estimate of drug-likeness (QED) is 0.819. The van der Waals surface area contributed by atoms with Gasteiger partial charge in [-0.3, -0.25) is 0 Å². The second-order valence-corrected chi connectivity index (χ2v) is 4.55. The van der Waals surface area contributed by atoms with Crippen molar-refractivity contribution in [1.29, 1.82) is 0 Å². The number of benzene rings is 1. The van der Waals surface area contributed by atoms with E-state index in [9.17, 15) is 0 Å². The summed E-state index contributed by atoms with van der Waals surface area (Å²) >= 11 is 0. The van der Waals surface area contributed by atoms with Gasteiger partial charge in [-0.1, -0.05) is 0 Å². The number of ether oxygens (including phenoxy) is 3. The largest absolute Gasteiger partial charge is 0.493 e. The second-order valence-electron chi connectivity index (χ2n) is 4.55. The fourth-order valence-corrected chi connectivity index (χ4v) is 2.27. The van der Waals surface area contributed by atoms with Crippen molar-refractivity contribution in [2.75, 3.05) is 27.4 Å². The molecule has 0 spiro atoms. The van der Waals surface area contributed by atoms with Crippen molar-refractivity contribution >= 4 is 0 Å². The van der Waals surface area contributed by atoms with Crippen molar-refractivity contribution in [1.82, 2.24) is 0 Å². The van der Waals surface area contributed by atoms with Gasteiger partial charge in [-0.25, -0.2) is 0 Å². The zero-order chi connectivity index (χ0) is 12.8. The van der Waals surface area contributed by atoms with Gasteiger partial charge in [0.2, 0.25) is 0 Å². The highest BCUT2D eigenvalue weighted by Crippen LogP contribution is 2.27. The van der Waals surface area contributed by atoms with Crippen LogP contribution in [0.5, 0.6) is 11.5 Å². The van der Waals surface area contributed by atoms with E-state index in [-0.39, 0.29) is 0 Å². The topological polar surface area (TPSA) is 44.3 Å². The normalized spacial score (nSPS) is 18.9. The van der Waals surface area contributed by atoms with Gasteiger partial charge in [-0.15, -0.1) is 0 Å². The van der Waals surface area contributed by atoms with E-state index >= 15 is 0 Å². The monoisotopic (exact) mass is 252 g/mol. The minimum absolute atomic E-state index is 0.435. The highest BCUT2D eigenvalue weighted by Gasteiger charge is 2.16. The van der Waals surface area contributed by atoms with Gasteiger partial charge in [0.25, 0.3) is 0 Å². The predicted molar refractivity (Wildman–Crippen MR) is 69.0 cm³/mol. The van der Waals surface area contributed by atoms with Crippen molar-refractivity contribution in [2.24, 2.45) is 0 Å². The van der Waals surface area contributed by atoms with Crippen molar-refractivity contribution in [3.8, 4) is 11.5 Å². The van der Waals surface area contributed by atoms with E-state index in [2.05, 4.69) is 11.4 Å². The fraction of sp³-hybridized carbons (Fsp3) is 0.571. The van der Waals surface area contributed by atoms with Crippen LogP contribution in [0.3, 0.4) is 0 Å². The lowest BCUT2D eigenvalue weighted by atomic mass is 10.2. The molecule has 1 fully saturated rings. The predicted octanol–water partition coefficient (Wildman–Crippen LogP) is 0.946. The molecule has 2 rings (SSSR count). The Hall–Kier alpha value is -1.26.